The van der Waals surface area contributed by atoms with Crippen LogP contribution in [0.15, 0.2) is 66.9 Å². The van der Waals surface area contributed by atoms with Crippen LogP contribution in [0.2, 0.25) is 0 Å². The van der Waals surface area contributed by atoms with Crippen LogP contribution >= 0.6 is 0 Å². The maximum absolute atomic E-state index is 8.90. The molecule has 6 nitrogen and oxygen atoms in total. The Kier molecular flexibility index (Phi) is 4.88. The third-order valence-corrected chi connectivity index (χ3v) is 5.59. The number of nitriles is 1. The summed E-state index contributed by atoms with van der Waals surface area (Å²) in [7, 11) is 0. The zero-order chi connectivity index (χ0) is 20.3. The normalized spacial score (nSPS) is 16.6. The molecule has 1 fully saturated rings. The van der Waals surface area contributed by atoms with Gasteiger partial charge in [-0.15, -0.1) is 0 Å². The van der Waals surface area contributed by atoms with E-state index in [9.17, 15) is 0 Å². The summed E-state index contributed by atoms with van der Waals surface area (Å²) in [5, 5.41) is 13.4. The predicted octanol–water partition coefficient (Wildman–Crippen LogP) is 4.91. The molecule has 1 aliphatic heterocycles. The molecule has 2 N–H and O–H groups in total. The Labute approximate surface area is 175 Å². The average Bonchev–Trinajstić information content (AvgIpc) is 3.41. The number of aromatic amines is 1. The zero-order valence-electron chi connectivity index (χ0n) is 16.5. The third kappa shape index (κ3) is 3.76. The van der Waals surface area contributed by atoms with E-state index < -0.39 is 0 Å². The van der Waals surface area contributed by atoms with E-state index in [1.54, 1.807) is 12.3 Å². The highest BCUT2D eigenvalue weighted by Crippen LogP contribution is 2.33. The Hall–Kier alpha value is -3.69. The first-order valence-electron chi connectivity index (χ1n) is 10.2. The molecule has 0 bridgehead atoms. The minimum Gasteiger partial charge on any atom is -0.357 e. The average molecular weight is 394 g/mol. The monoisotopic (exact) mass is 394 g/mol. The van der Waals surface area contributed by atoms with Gasteiger partial charge in [0.15, 0.2) is 0 Å². The number of hydrogen-bond donors (Lipinski definition) is 2. The fourth-order valence-electron chi connectivity index (χ4n) is 4.18. The first-order valence-corrected chi connectivity index (χ1v) is 10.2. The van der Waals surface area contributed by atoms with Crippen molar-refractivity contribution in [1.29, 1.82) is 5.26 Å². The number of H-pyrrole nitrogens is 1. The van der Waals surface area contributed by atoms with Gasteiger partial charge in [0.05, 0.1) is 23.6 Å². The Bertz CT molecular complexity index is 1170. The number of anilines is 2. The van der Waals surface area contributed by atoms with Gasteiger partial charge in [0.2, 0.25) is 0 Å². The van der Waals surface area contributed by atoms with Crippen LogP contribution in [0, 0.1) is 11.3 Å². The van der Waals surface area contributed by atoms with Crippen LogP contribution in [0.5, 0.6) is 0 Å². The molecule has 148 valence electrons. The Morgan fingerprint density at radius 1 is 1.13 bits per heavy atom. The number of fused-ring (bicyclic) bond motifs is 1. The standard InChI is InChI=1S/C24H22N6/c25-14-18-10-11-19(15-26-18)28-24-9-3-7-22(29-24)23-8-4-12-30(23)16-20-13-17-5-1-2-6-21(17)27-20/h1-3,5-7,9-11,13,15,23,27H,4,8,12,16H2,(H,28,29)/t23-/m1/s1. The maximum Gasteiger partial charge on any atom is 0.140 e. The minimum absolute atomic E-state index is 0.303. The summed E-state index contributed by atoms with van der Waals surface area (Å²) in [5.41, 5.74) is 4.72. The van der Waals surface area contributed by atoms with E-state index >= 15 is 0 Å². The number of nitrogens with one attached hydrogen (secondary N) is 2. The van der Waals surface area contributed by atoms with Crippen molar-refractivity contribution >= 4 is 22.4 Å². The van der Waals surface area contributed by atoms with Crippen molar-refractivity contribution in [1.82, 2.24) is 19.9 Å². The highest BCUT2D eigenvalue weighted by Gasteiger charge is 2.27. The molecule has 0 radical (unpaired) electrons. The predicted molar refractivity (Wildman–Crippen MR) is 117 cm³/mol. The fraction of sp³-hybridized carbons (Fsp3) is 0.208. The lowest BCUT2D eigenvalue weighted by Crippen LogP contribution is -2.23. The van der Waals surface area contributed by atoms with Gasteiger partial charge in [-0.25, -0.2) is 9.97 Å². The number of likely N-dealkylation sites (tertiary alicyclic amines) is 1. The first-order chi connectivity index (χ1) is 14.8. The van der Waals surface area contributed by atoms with Gasteiger partial charge in [-0.1, -0.05) is 24.3 Å². The summed E-state index contributed by atoms with van der Waals surface area (Å²) in [6, 6.07) is 22.6. The molecule has 4 aromatic rings. The second-order valence-electron chi connectivity index (χ2n) is 7.63. The third-order valence-electron chi connectivity index (χ3n) is 5.59. The molecule has 5 rings (SSSR count). The van der Waals surface area contributed by atoms with Crippen molar-refractivity contribution in [2.75, 3.05) is 11.9 Å². The van der Waals surface area contributed by atoms with E-state index in [0.29, 0.717) is 11.7 Å². The number of pyridine rings is 2. The van der Waals surface area contributed by atoms with E-state index in [0.717, 1.165) is 36.7 Å². The van der Waals surface area contributed by atoms with Crippen molar-refractivity contribution < 1.29 is 0 Å². The number of nitrogens with zero attached hydrogens (tertiary/aromatic N) is 4. The van der Waals surface area contributed by atoms with Crippen molar-refractivity contribution in [3.63, 3.8) is 0 Å². The molecule has 0 saturated carbocycles. The summed E-state index contributed by atoms with van der Waals surface area (Å²) >= 11 is 0. The van der Waals surface area contributed by atoms with Crippen LogP contribution < -0.4 is 5.32 Å². The van der Waals surface area contributed by atoms with Gasteiger partial charge < -0.3 is 10.3 Å². The second kappa shape index (κ2) is 7.97. The molecule has 1 saturated heterocycles. The number of rotatable bonds is 5. The van der Waals surface area contributed by atoms with Gasteiger partial charge in [0.25, 0.3) is 0 Å². The van der Waals surface area contributed by atoms with Gasteiger partial charge in [0.1, 0.15) is 17.6 Å². The summed E-state index contributed by atoms with van der Waals surface area (Å²) < 4.78 is 0. The summed E-state index contributed by atoms with van der Waals surface area (Å²) in [4.78, 5) is 15.0. The molecular formula is C24H22N6. The molecule has 0 spiro atoms. The van der Waals surface area contributed by atoms with Gasteiger partial charge in [0, 0.05) is 17.8 Å². The quantitative estimate of drug-likeness (QED) is 0.503. The Morgan fingerprint density at radius 2 is 2.07 bits per heavy atom. The number of benzene rings is 1. The molecule has 0 amide bonds. The highest BCUT2D eigenvalue weighted by atomic mass is 15.2. The second-order valence-corrected chi connectivity index (χ2v) is 7.63. The zero-order valence-corrected chi connectivity index (χ0v) is 16.5. The highest BCUT2D eigenvalue weighted by molar-refractivity contribution is 5.80. The SMILES string of the molecule is N#Cc1ccc(Nc2cccc([C@H]3CCCN3Cc3cc4ccccc4[nH]3)n2)cn1. The van der Waals surface area contributed by atoms with Gasteiger partial charge >= 0.3 is 0 Å². The molecule has 6 heteroatoms. The van der Waals surface area contributed by atoms with Crippen LogP contribution in [-0.4, -0.2) is 26.4 Å². The number of aromatic nitrogens is 3. The van der Waals surface area contributed by atoms with E-state index in [4.69, 9.17) is 10.2 Å². The molecule has 0 unspecified atom stereocenters. The lowest BCUT2D eigenvalue weighted by Gasteiger charge is -2.24. The summed E-state index contributed by atoms with van der Waals surface area (Å²) in [6.45, 7) is 1.96. The molecule has 3 aromatic heterocycles. The molecule has 1 atom stereocenters. The topological polar surface area (TPSA) is 80.6 Å². The molecule has 1 aliphatic rings. The molecule has 0 aliphatic carbocycles. The number of para-hydroxylation sites is 1. The van der Waals surface area contributed by atoms with Gasteiger partial charge in [-0.05, 0) is 61.2 Å². The van der Waals surface area contributed by atoms with Crippen molar-refractivity contribution in [2.45, 2.75) is 25.4 Å². The fourth-order valence-corrected chi connectivity index (χ4v) is 4.18. The van der Waals surface area contributed by atoms with Crippen molar-refractivity contribution in [3.8, 4) is 6.07 Å². The van der Waals surface area contributed by atoms with Crippen LogP contribution in [0.3, 0.4) is 0 Å². The van der Waals surface area contributed by atoms with Crippen LogP contribution in [0.1, 0.15) is 36.0 Å². The van der Waals surface area contributed by atoms with Crippen molar-refractivity contribution in [2.24, 2.45) is 0 Å². The molecule has 30 heavy (non-hydrogen) atoms. The van der Waals surface area contributed by atoms with E-state index in [1.807, 2.05) is 24.3 Å². The van der Waals surface area contributed by atoms with E-state index in [2.05, 4.69) is 56.6 Å². The first kappa shape index (κ1) is 18.3. The van der Waals surface area contributed by atoms with Crippen molar-refractivity contribution in [3.05, 3.63) is 83.9 Å². The number of hydrogen-bond acceptors (Lipinski definition) is 5. The van der Waals surface area contributed by atoms with Crippen LogP contribution in [0.25, 0.3) is 10.9 Å². The van der Waals surface area contributed by atoms with Crippen LogP contribution in [-0.2, 0) is 6.54 Å². The Morgan fingerprint density at radius 3 is 2.90 bits per heavy atom. The van der Waals surface area contributed by atoms with Gasteiger partial charge in [-0.2, -0.15) is 5.26 Å². The Balaban J connectivity index is 1.33. The maximum atomic E-state index is 8.90. The van der Waals surface area contributed by atoms with Crippen LogP contribution in [0.4, 0.5) is 11.5 Å². The lowest BCUT2D eigenvalue weighted by atomic mass is 10.1. The molecule has 4 heterocycles. The summed E-state index contributed by atoms with van der Waals surface area (Å²) in [5.74, 6) is 0.788. The van der Waals surface area contributed by atoms with Gasteiger partial charge in [-0.3, -0.25) is 4.90 Å². The largest absolute Gasteiger partial charge is 0.357 e. The summed E-state index contributed by atoms with van der Waals surface area (Å²) in [6.07, 6.45) is 3.93. The van der Waals surface area contributed by atoms with E-state index in [1.165, 1.54) is 23.0 Å². The minimum atomic E-state index is 0.303. The molecule has 1 aromatic carbocycles. The van der Waals surface area contributed by atoms with E-state index in [-0.39, 0.29) is 0 Å². The molecular weight excluding hydrogens is 372 g/mol. The smallest absolute Gasteiger partial charge is 0.140 e. The lowest BCUT2D eigenvalue weighted by molar-refractivity contribution is 0.242.